The fourth-order valence-corrected chi connectivity index (χ4v) is 4.11. The summed E-state index contributed by atoms with van der Waals surface area (Å²) in [7, 11) is 0. The highest BCUT2D eigenvalue weighted by molar-refractivity contribution is 14.1. The van der Waals surface area contributed by atoms with Crippen LogP contribution in [0.15, 0.2) is 60.5 Å². The molecular formula is C28H31ClIN5O2. The van der Waals surface area contributed by atoms with Crippen LogP contribution in [0.3, 0.4) is 0 Å². The van der Waals surface area contributed by atoms with E-state index in [9.17, 15) is 9.59 Å². The summed E-state index contributed by atoms with van der Waals surface area (Å²) in [5, 5.41) is 6.36. The minimum atomic E-state index is -0.265. The van der Waals surface area contributed by atoms with Gasteiger partial charge in [-0.3, -0.25) is 9.59 Å². The molecule has 2 aromatic heterocycles. The van der Waals surface area contributed by atoms with Gasteiger partial charge in [-0.15, -0.1) is 0 Å². The lowest BCUT2D eigenvalue weighted by Gasteiger charge is -2.27. The molecule has 0 fully saturated rings. The lowest BCUT2D eigenvalue weighted by atomic mass is 9.88. The first kappa shape index (κ1) is 28.6. The molecule has 37 heavy (non-hydrogen) atoms. The molecule has 9 heteroatoms. The third kappa shape index (κ3) is 7.29. The Hall–Kier alpha value is -2.98. The summed E-state index contributed by atoms with van der Waals surface area (Å²) >= 11 is 8.41. The SMILES string of the molecule is C/C=C/C(=C\C=C(/C)C(=O)Nc1ccc(I)cc1Cl)c1cnc2[nH]cc(C(=O)NC(C)C(C)(C)C)c2n1. The third-order valence-corrected chi connectivity index (χ3v) is 6.95. The lowest BCUT2D eigenvalue weighted by Crippen LogP contribution is -2.41. The predicted molar refractivity (Wildman–Crippen MR) is 160 cm³/mol. The van der Waals surface area contributed by atoms with Crippen LogP contribution in [0.5, 0.6) is 0 Å². The van der Waals surface area contributed by atoms with Crippen molar-refractivity contribution in [1.29, 1.82) is 0 Å². The van der Waals surface area contributed by atoms with Crippen molar-refractivity contribution in [3.63, 3.8) is 0 Å². The van der Waals surface area contributed by atoms with E-state index in [1.54, 1.807) is 43.6 Å². The van der Waals surface area contributed by atoms with Gasteiger partial charge in [0.05, 0.1) is 28.2 Å². The maximum atomic E-state index is 13.0. The van der Waals surface area contributed by atoms with E-state index in [0.29, 0.717) is 38.7 Å². The molecule has 0 bridgehead atoms. The van der Waals surface area contributed by atoms with Crippen LogP contribution in [0.1, 0.15) is 57.6 Å². The van der Waals surface area contributed by atoms with Gasteiger partial charge in [-0.2, -0.15) is 0 Å². The molecule has 1 aromatic carbocycles. The average molecular weight is 632 g/mol. The molecule has 7 nitrogen and oxygen atoms in total. The Balaban J connectivity index is 1.89. The molecule has 3 rings (SSSR count). The van der Waals surface area contributed by atoms with Crippen LogP contribution in [0.4, 0.5) is 5.69 Å². The fourth-order valence-electron chi connectivity index (χ4n) is 3.20. The van der Waals surface area contributed by atoms with E-state index in [4.69, 9.17) is 16.6 Å². The zero-order valence-electron chi connectivity index (χ0n) is 21.7. The standard InChI is InChI=1S/C28H31ClIN5O2/c1-7-8-18(10-9-16(2)26(36)35-22-12-11-19(30)13-21(22)29)23-15-32-25-24(34-23)20(14-31-25)27(37)33-17(3)28(4,5)6/h7-15,17H,1-6H3,(H,31,32)(H,33,37)(H,35,36)/b8-7+,16-9+,18-10+. The van der Waals surface area contributed by atoms with Gasteiger partial charge in [0.1, 0.15) is 5.52 Å². The van der Waals surface area contributed by atoms with E-state index in [1.165, 1.54) is 0 Å². The number of carbonyl (C=O) groups excluding carboxylic acids is 2. The molecule has 3 N–H and O–H groups in total. The second-order valence-electron chi connectivity index (χ2n) is 9.77. The lowest BCUT2D eigenvalue weighted by molar-refractivity contribution is -0.112. The molecule has 0 saturated heterocycles. The second kappa shape index (κ2) is 12.0. The maximum Gasteiger partial charge on any atom is 0.255 e. The minimum absolute atomic E-state index is 0.0341. The van der Waals surface area contributed by atoms with Gasteiger partial charge in [-0.05, 0) is 67.0 Å². The number of allylic oxidation sites excluding steroid dienone is 5. The normalized spacial score (nSPS) is 13.7. The van der Waals surface area contributed by atoms with E-state index in [1.807, 2.05) is 32.1 Å². The van der Waals surface area contributed by atoms with Gasteiger partial charge < -0.3 is 15.6 Å². The molecule has 0 aliphatic rings. The van der Waals surface area contributed by atoms with Crippen LogP contribution in [0.25, 0.3) is 16.7 Å². The molecule has 0 aliphatic carbocycles. The molecule has 2 amide bonds. The molecular weight excluding hydrogens is 601 g/mol. The van der Waals surface area contributed by atoms with Crippen molar-refractivity contribution in [2.45, 2.75) is 47.6 Å². The Labute approximate surface area is 236 Å². The maximum absolute atomic E-state index is 13.0. The largest absolute Gasteiger partial charge is 0.349 e. The first-order valence-corrected chi connectivity index (χ1v) is 13.3. The van der Waals surface area contributed by atoms with Gasteiger partial charge in [-0.1, -0.05) is 56.7 Å². The smallest absolute Gasteiger partial charge is 0.255 e. The Kier molecular flexibility index (Phi) is 9.31. The molecule has 1 atom stereocenters. The number of anilines is 1. The quantitative estimate of drug-likeness (QED) is 0.150. The fraction of sp³-hybridized carbons (Fsp3) is 0.286. The molecule has 194 valence electrons. The number of benzene rings is 1. The van der Waals surface area contributed by atoms with Crippen molar-refractivity contribution < 1.29 is 9.59 Å². The van der Waals surface area contributed by atoms with E-state index in [2.05, 4.69) is 64.0 Å². The van der Waals surface area contributed by atoms with Crippen molar-refractivity contribution >= 4 is 68.4 Å². The number of fused-ring (bicyclic) bond motifs is 1. The number of amides is 2. The van der Waals surface area contributed by atoms with Crippen molar-refractivity contribution in [2.75, 3.05) is 5.32 Å². The summed E-state index contributed by atoms with van der Waals surface area (Å²) in [5.74, 6) is -0.475. The average Bonchev–Trinajstić information content (AvgIpc) is 3.26. The van der Waals surface area contributed by atoms with Crippen molar-refractivity contribution in [3.05, 3.63) is 80.3 Å². The summed E-state index contributed by atoms with van der Waals surface area (Å²) in [6.07, 6.45) is 10.5. The molecule has 2 heterocycles. The van der Waals surface area contributed by atoms with Crippen molar-refractivity contribution in [1.82, 2.24) is 20.3 Å². The number of nitrogens with zero attached hydrogens (tertiary/aromatic N) is 2. The highest BCUT2D eigenvalue weighted by Gasteiger charge is 2.24. The zero-order valence-corrected chi connectivity index (χ0v) is 24.7. The topological polar surface area (TPSA) is 99.8 Å². The number of hydrogen-bond acceptors (Lipinski definition) is 4. The number of H-pyrrole nitrogens is 1. The molecule has 0 radical (unpaired) electrons. The first-order chi connectivity index (χ1) is 17.4. The van der Waals surface area contributed by atoms with Gasteiger partial charge in [0.2, 0.25) is 0 Å². The zero-order chi connectivity index (χ0) is 27.3. The van der Waals surface area contributed by atoms with Crippen molar-refractivity contribution in [3.8, 4) is 0 Å². The number of halogens is 2. The number of carbonyl (C=O) groups is 2. The molecule has 3 aromatic rings. The Morgan fingerprint density at radius 1 is 1.22 bits per heavy atom. The van der Waals surface area contributed by atoms with Gasteiger partial charge in [0.25, 0.3) is 11.8 Å². The van der Waals surface area contributed by atoms with Gasteiger partial charge in [-0.25, -0.2) is 9.97 Å². The Morgan fingerprint density at radius 2 is 1.95 bits per heavy atom. The summed E-state index contributed by atoms with van der Waals surface area (Å²) in [5.41, 5.74) is 3.72. The van der Waals surface area contributed by atoms with E-state index in [-0.39, 0.29) is 23.3 Å². The Bertz CT molecular complexity index is 1420. The number of aromatic amines is 1. The Morgan fingerprint density at radius 3 is 2.59 bits per heavy atom. The third-order valence-electron chi connectivity index (χ3n) is 5.96. The van der Waals surface area contributed by atoms with Crippen LogP contribution >= 0.6 is 34.2 Å². The highest BCUT2D eigenvalue weighted by Crippen LogP contribution is 2.25. The number of nitrogens with one attached hydrogen (secondary N) is 3. The van der Waals surface area contributed by atoms with Crippen LogP contribution in [-0.2, 0) is 4.79 Å². The van der Waals surface area contributed by atoms with Crippen LogP contribution < -0.4 is 10.6 Å². The van der Waals surface area contributed by atoms with Gasteiger partial charge in [0.15, 0.2) is 5.65 Å². The minimum Gasteiger partial charge on any atom is -0.349 e. The van der Waals surface area contributed by atoms with E-state index < -0.39 is 0 Å². The summed E-state index contributed by atoms with van der Waals surface area (Å²) < 4.78 is 0.983. The summed E-state index contributed by atoms with van der Waals surface area (Å²) in [6.45, 7) is 11.8. The first-order valence-electron chi connectivity index (χ1n) is 11.8. The van der Waals surface area contributed by atoms with Crippen LogP contribution in [0, 0.1) is 8.99 Å². The number of rotatable bonds is 7. The summed E-state index contributed by atoms with van der Waals surface area (Å²) in [6, 6.07) is 5.40. The van der Waals surface area contributed by atoms with Crippen LogP contribution in [-0.4, -0.2) is 32.8 Å². The predicted octanol–water partition coefficient (Wildman–Crippen LogP) is 6.92. The number of aromatic nitrogens is 3. The van der Waals surface area contributed by atoms with Crippen LogP contribution in [0.2, 0.25) is 5.02 Å². The molecule has 0 saturated carbocycles. The number of hydrogen-bond donors (Lipinski definition) is 3. The van der Waals surface area contributed by atoms with Gasteiger partial charge in [0, 0.05) is 27.0 Å². The molecule has 1 unspecified atom stereocenters. The van der Waals surface area contributed by atoms with E-state index >= 15 is 0 Å². The second-order valence-corrected chi connectivity index (χ2v) is 11.4. The highest BCUT2D eigenvalue weighted by atomic mass is 127. The van der Waals surface area contributed by atoms with E-state index in [0.717, 1.165) is 9.14 Å². The monoisotopic (exact) mass is 631 g/mol. The molecule has 0 spiro atoms. The molecule has 0 aliphatic heterocycles. The van der Waals surface area contributed by atoms with Gasteiger partial charge >= 0.3 is 0 Å². The summed E-state index contributed by atoms with van der Waals surface area (Å²) in [4.78, 5) is 37.9. The van der Waals surface area contributed by atoms with Crippen molar-refractivity contribution in [2.24, 2.45) is 5.41 Å².